The fraction of sp³-hybridized carbons (Fsp3) is 0.323. The topological polar surface area (TPSA) is 131 Å². The predicted molar refractivity (Wildman–Crippen MR) is 155 cm³/mol. The Labute approximate surface area is 239 Å². The first-order chi connectivity index (χ1) is 19.9. The number of methoxy groups -OCH3 is 1. The highest BCUT2D eigenvalue weighted by Gasteiger charge is 2.22. The van der Waals surface area contributed by atoms with E-state index in [1.807, 2.05) is 6.20 Å². The molecule has 41 heavy (non-hydrogen) atoms. The molecule has 1 saturated heterocycles. The SMILES string of the molecule is COc1ccc(CCN2CCC(Cc3nc4ccccc4n3Cc3cnccn3)CC2)cc1.O=C(O)C=CC(=O)O. The summed E-state index contributed by atoms with van der Waals surface area (Å²) in [6, 6.07) is 16.9. The van der Waals surface area contributed by atoms with Crippen LogP contribution in [0.3, 0.4) is 0 Å². The lowest BCUT2D eigenvalue weighted by atomic mass is 9.93. The molecule has 0 saturated carbocycles. The van der Waals surface area contributed by atoms with Crippen molar-refractivity contribution in [1.82, 2.24) is 24.4 Å². The third-order valence-electron chi connectivity index (χ3n) is 7.09. The van der Waals surface area contributed by atoms with E-state index >= 15 is 0 Å². The third-order valence-corrected chi connectivity index (χ3v) is 7.09. The Morgan fingerprint density at radius 1 is 1.00 bits per heavy atom. The molecule has 0 amide bonds. The van der Waals surface area contributed by atoms with Crippen molar-refractivity contribution in [2.75, 3.05) is 26.7 Å². The Hall–Kier alpha value is -4.57. The zero-order valence-electron chi connectivity index (χ0n) is 23.1. The summed E-state index contributed by atoms with van der Waals surface area (Å²) in [5, 5.41) is 15.6. The van der Waals surface area contributed by atoms with Crippen LogP contribution in [0.25, 0.3) is 11.0 Å². The molecule has 3 heterocycles. The molecular weight excluding hydrogens is 522 g/mol. The number of hydrogen-bond donors (Lipinski definition) is 2. The molecule has 0 bridgehead atoms. The molecule has 5 rings (SSSR count). The number of nitrogens with zero attached hydrogens (tertiary/aromatic N) is 5. The molecule has 2 aromatic carbocycles. The molecule has 2 aromatic heterocycles. The van der Waals surface area contributed by atoms with Crippen molar-refractivity contribution < 1.29 is 24.5 Å². The number of aliphatic carboxylic acids is 2. The first-order valence-electron chi connectivity index (χ1n) is 13.6. The number of carboxylic acid groups (broad SMARTS) is 2. The van der Waals surface area contributed by atoms with Gasteiger partial charge in [0.1, 0.15) is 11.6 Å². The lowest BCUT2D eigenvalue weighted by Crippen LogP contribution is -2.36. The zero-order chi connectivity index (χ0) is 29.0. The second kappa shape index (κ2) is 14.7. The van der Waals surface area contributed by atoms with Gasteiger partial charge in [0, 0.05) is 37.5 Å². The molecule has 1 aliphatic rings. The van der Waals surface area contributed by atoms with Gasteiger partial charge in [-0.05, 0) is 68.1 Å². The van der Waals surface area contributed by atoms with Gasteiger partial charge in [-0.25, -0.2) is 14.6 Å². The Balaban J connectivity index is 0.000000426. The third kappa shape index (κ3) is 8.97. The number of imidazole rings is 1. The minimum absolute atomic E-state index is 0.558. The molecule has 1 aliphatic heterocycles. The van der Waals surface area contributed by atoms with Crippen LogP contribution in [-0.4, -0.2) is 73.3 Å². The van der Waals surface area contributed by atoms with E-state index in [4.69, 9.17) is 19.9 Å². The van der Waals surface area contributed by atoms with Crippen LogP contribution in [0, 0.1) is 5.92 Å². The Kier molecular flexibility index (Phi) is 10.6. The smallest absolute Gasteiger partial charge is 0.328 e. The number of fused-ring (bicyclic) bond motifs is 1. The predicted octanol–water partition coefficient (Wildman–Crippen LogP) is 4.09. The van der Waals surface area contributed by atoms with Crippen LogP contribution in [-0.2, 0) is 29.0 Å². The van der Waals surface area contributed by atoms with Crippen LogP contribution in [0.5, 0.6) is 5.75 Å². The van der Waals surface area contributed by atoms with E-state index in [1.165, 1.54) is 29.7 Å². The molecule has 0 unspecified atom stereocenters. The van der Waals surface area contributed by atoms with Crippen LogP contribution < -0.4 is 4.74 Å². The Morgan fingerprint density at radius 3 is 2.34 bits per heavy atom. The molecule has 2 N–H and O–H groups in total. The summed E-state index contributed by atoms with van der Waals surface area (Å²) in [6.45, 7) is 4.14. The highest BCUT2D eigenvalue weighted by molar-refractivity contribution is 5.89. The molecule has 0 aliphatic carbocycles. The van der Waals surface area contributed by atoms with E-state index in [0.717, 1.165) is 49.4 Å². The summed E-state index contributed by atoms with van der Waals surface area (Å²) in [7, 11) is 1.71. The van der Waals surface area contributed by atoms with Gasteiger partial charge in [-0.2, -0.15) is 0 Å². The monoisotopic (exact) mass is 557 g/mol. The molecule has 0 atom stereocenters. The van der Waals surface area contributed by atoms with Gasteiger partial charge >= 0.3 is 11.9 Å². The number of hydrogen-bond acceptors (Lipinski definition) is 7. The van der Waals surface area contributed by atoms with E-state index in [1.54, 1.807) is 19.5 Å². The molecule has 10 nitrogen and oxygen atoms in total. The average molecular weight is 558 g/mol. The molecule has 4 aromatic rings. The van der Waals surface area contributed by atoms with Gasteiger partial charge in [0.15, 0.2) is 0 Å². The van der Waals surface area contributed by atoms with Crippen molar-refractivity contribution in [2.24, 2.45) is 5.92 Å². The summed E-state index contributed by atoms with van der Waals surface area (Å²) in [4.78, 5) is 35.4. The summed E-state index contributed by atoms with van der Waals surface area (Å²) >= 11 is 0. The number of carboxylic acids is 2. The van der Waals surface area contributed by atoms with Crippen LogP contribution in [0.4, 0.5) is 0 Å². The summed E-state index contributed by atoms with van der Waals surface area (Å²) in [6.07, 6.45) is 11.0. The standard InChI is InChI=1S/C27H31N5O.C4H4O4/c1-33-24-8-6-21(7-9-24)10-15-31-16-11-22(12-17-31)18-27-30-25-4-2-3-5-26(25)32(27)20-23-19-28-13-14-29-23;5-3(6)1-2-4(7)8/h2-9,13-14,19,22H,10-12,15-18,20H2,1H3;1-2H,(H,5,6)(H,7,8). The van der Waals surface area contributed by atoms with Gasteiger partial charge < -0.3 is 24.4 Å². The van der Waals surface area contributed by atoms with Gasteiger partial charge in [0.05, 0.1) is 36.6 Å². The molecule has 10 heteroatoms. The van der Waals surface area contributed by atoms with Gasteiger partial charge in [0.25, 0.3) is 0 Å². The van der Waals surface area contributed by atoms with E-state index in [2.05, 4.69) is 68.0 Å². The van der Waals surface area contributed by atoms with Crippen molar-refractivity contribution >= 4 is 23.0 Å². The lowest BCUT2D eigenvalue weighted by Gasteiger charge is -2.32. The molecule has 214 valence electrons. The minimum atomic E-state index is -1.26. The fourth-order valence-electron chi connectivity index (χ4n) is 4.93. The van der Waals surface area contributed by atoms with Crippen LogP contribution in [0.15, 0.2) is 79.3 Å². The maximum absolute atomic E-state index is 9.55. The lowest BCUT2D eigenvalue weighted by molar-refractivity contribution is -0.134. The van der Waals surface area contributed by atoms with Crippen molar-refractivity contribution in [2.45, 2.75) is 32.2 Å². The van der Waals surface area contributed by atoms with Crippen molar-refractivity contribution in [1.29, 1.82) is 0 Å². The average Bonchev–Trinajstić information content (AvgIpc) is 3.33. The van der Waals surface area contributed by atoms with Crippen molar-refractivity contribution in [3.8, 4) is 5.75 Å². The van der Waals surface area contributed by atoms with E-state index in [-0.39, 0.29) is 0 Å². The van der Waals surface area contributed by atoms with Crippen molar-refractivity contribution in [3.63, 3.8) is 0 Å². The first-order valence-corrected chi connectivity index (χ1v) is 13.6. The second-order valence-electron chi connectivity index (χ2n) is 9.90. The summed E-state index contributed by atoms with van der Waals surface area (Å²) in [5.41, 5.74) is 4.58. The van der Waals surface area contributed by atoms with Crippen molar-refractivity contribution in [3.05, 3.63) is 96.4 Å². The molecule has 0 radical (unpaired) electrons. The second-order valence-corrected chi connectivity index (χ2v) is 9.90. The zero-order valence-corrected chi connectivity index (χ0v) is 23.1. The maximum Gasteiger partial charge on any atom is 0.328 e. The molecule has 0 spiro atoms. The number of likely N-dealkylation sites (tertiary alicyclic amines) is 1. The first kappa shape index (κ1) is 29.4. The van der Waals surface area contributed by atoms with E-state index in [9.17, 15) is 9.59 Å². The molecule has 1 fully saturated rings. The van der Waals surface area contributed by atoms with E-state index in [0.29, 0.717) is 24.6 Å². The van der Waals surface area contributed by atoms with Crippen LogP contribution >= 0.6 is 0 Å². The van der Waals surface area contributed by atoms with Gasteiger partial charge in [-0.3, -0.25) is 9.97 Å². The number of aromatic nitrogens is 4. The number of para-hydroxylation sites is 2. The quantitative estimate of drug-likeness (QED) is 0.277. The number of rotatable bonds is 10. The normalized spacial score (nSPS) is 14.1. The van der Waals surface area contributed by atoms with Crippen LogP contribution in [0.2, 0.25) is 0 Å². The van der Waals surface area contributed by atoms with Gasteiger partial charge in [-0.15, -0.1) is 0 Å². The number of carbonyl (C=O) groups is 2. The number of ether oxygens (including phenoxy) is 1. The highest BCUT2D eigenvalue weighted by atomic mass is 16.5. The number of benzene rings is 2. The van der Waals surface area contributed by atoms with E-state index < -0.39 is 11.9 Å². The Bertz CT molecular complexity index is 1430. The minimum Gasteiger partial charge on any atom is -0.497 e. The highest BCUT2D eigenvalue weighted by Crippen LogP contribution is 2.25. The molecular formula is C31H35N5O5. The maximum atomic E-state index is 9.55. The Morgan fingerprint density at radius 2 is 1.71 bits per heavy atom. The fourth-order valence-corrected chi connectivity index (χ4v) is 4.93. The van der Waals surface area contributed by atoms with Crippen LogP contribution in [0.1, 0.15) is 29.9 Å². The largest absolute Gasteiger partial charge is 0.497 e. The number of piperidine rings is 1. The summed E-state index contributed by atoms with van der Waals surface area (Å²) < 4.78 is 7.59. The van der Waals surface area contributed by atoms with Gasteiger partial charge in [-0.1, -0.05) is 24.3 Å². The summed E-state index contributed by atoms with van der Waals surface area (Å²) in [5.74, 6) is 0.239. The van der Waals surface area contributed by atoms with Gasteiger partial charge in [0.2, 0.25) is 0 Å².